The van der Waals surface area contributed by atoms with E-state index in [-0.39, 0.29) is 17.9 Å². The van der Waals surface area contributed by atoms with Crippen LogP contribution in [0.15, 0.2) is 0 Å². The molecule has 0 aliphatic heterocycles. The van der Waals surface area contributed by atoms with Crippen molar-refractivity contribution < 1.29 is 4.79 Å². The molecule has 0 bridgehead atoms. The predicted molar refractivity (Wildman–Crippen MR) is 67.3 cm³/mol. The van der Waals surface area contributed by atoms with Gasteiger partial charge in [-0.3, -0.25) is 9.48 Å². The smallest absolute Gasteiger partial charge is 0.224 e. The molecule has 1 heterocycles. The van der Waals surface area contributed by atoms with Crippen molar-refractivity contribution in [1.29, 1.82) is 0 Å². The van der Waals surface area contributed by atoms with Crippen LogP contribution in [0.3, 0.4) is 0 Å². The number of aromatic nitrogens is 2. The molecule has 0 radical (unpaired) electrons. The number of hydrogen-bond donors (Lipinski definition) is 2. The van der Waals surface area contributed by atoms with Gasteiger partial charge in [0.15, 0.2) is 0 Å². The second-order valence-electron chi connectivity index (χ2n) is 4.64. The molecule has 1 rings (SSSR count). The van der Waals surface area contributed by atoms with Gasteiger partial charge in [-0.2, -0.15) is 5.10 Å². The number of amides is 1. The van der Waals surface area contributed by atoms with E-state index in [1.165, 1.54) is 0 Å². The van der Waals surface area contributed by atoms with Crippen LogP contribution in [0, 0.1) is 19.8 Å². The normalized spacial score (nSPS) is 14.5. The van der Waals surface area contributed by atoms with Gasteiger partial charge in [-0.05, 0) is 20.8 Å². The Balaban J connectivity index is 2.65. The van der Waals surface area contributed by atoms with Crippen LogP contribution in [0.25, 0.3) is 0 Å². The van der Waals surface area contributed by atoms with Crippen molar-refractivity contribution in [2.24, 2.45) is 18.7 Å². The quantitative estimate of drug-likeness (QED) is 0.808. The molecule has 0 aliphatic carbocycles. The number of nitrogens with one attached hydrogen (secondary N) is 1. The summed E-state index contributed by atoms with van der Waals surface area (Å²) in [6.07, 6.45) is 0. The molecule has 5 nitrogen and oxygen atoms in total. The number of carbonyl (C=O) groups is 1. The average Bonchev–Trinajstić information content (AvgIpc) is 2.49. The molecule has 2 unspecified atom stereocenters. The standard InChI is InChI=1S/C12H22N4O/c1-7(8(2)13)12(17)14-6-11-9(3)15-16(5)10(11)4/h7-8H,6,13H2,1-5H3,(H,14,17). The van der Waals surface area contributed by atoms with E-state index < -0.39 is 0 Å². The number of carbonyl (C=O) groups excluding carboxylic acids is 1. The molecule has 1 aromatic rings. The maximum absolute atomic E-state index is 11.8. The highest BCUT2D eigenvalue weighted by molar-refractivity contribution is 5.78. The highest BCUT2D eigenvalue weighted by atomic mass is 16.1. The highest BCUT2D eigenvalue weighted by Gasteiger charge is 2.17. The molecule has 1 amide bonds. The van der Waals surface area contributed by atoms with Crippen molar-refractivity contribution in [1.82, 2.24) is 15.1 Å². The monoisotopic (exact) mass is 238 g/mol. The van der Waals surface area contributed by atoms with Crippen LogP contribution in [0.4, 0.5) is 0 Å². The van der Waals surface area contributed by atoms with Crippen molar-refractivity contribution in [3.05, 3.63) is 17.0 Å². The molecule has 5 heteroatoms. The molecule has 2 atom stereocenters. The first kappa shape index (κ1) is 13.7. The summed E-state index contributed by atoms with van der Waals surface area (Å²) in [5.41, 5.74) is 8.81. The van der Waals surface area contributed by atoms with Crippen LogP contribution in [-0.4, -0.2) is 21.7 Å². The van der Waals surface area contributed by atoms with Crippen LogP contribution in [0.1, 0.15) is 30.8 Å². The fourth-order valence-corrected chi connectivity index (χ4v) is 1.65. The van der Waals surface area contributed by atoms with Crippen LogP contribution in [0.2, 0.25) is 0 Å². The second-order valence-corrected chi connectivity index (χ2v) is 4.64. The third-order valence-corrected chi connectivity index (χ3v) is 3.30. The molecule has 0 fully saturated rings. The Hall–Kier alpha value is -1.36. The molecule has 0 saturated carbocycles. The summed E-state index contributed by atoms with van der Waals surface area (Å²) in [6.45, 7) is 8.13. The molecular formula is C12H22N4O. The fourth-order valence-electron chi connectivity index (χ4n) is 1.65. The second kappa shape index (κ2) is 5.31. The number of hydrogen-bond acceptors (Lipinski definition) is 3. The molecule has 0 saturated heterocycles. The molecule has 0 spiro atoms. The van der Waals surface area contributed by atoms with Gasteiger partial charge in [0, 0.05) is 36.8 Å². The molecule has 3 N–H and O–H groups in total. The number of aryl methyl sites for hydroxylation is 2. The summed E-state index contributed by atoms with van der Waals surface area (Å²) < 4.78 is 1.83. The van der Waals surface area contributed by atoms with Gasteiger partial charge in [0.25, 0.3) is 0 Å². The lowest BCUT2D eigenvalue weighted by Gasteiger charge is -2.15. The topological polar surface area (TPSA) is 72.9 Å². The Labute approximate surface area is 102 Å². The zero-order chi connectivity index (χ0) is 13.2. The van der Waals surface area contributed by atoms with E-state index >= 15 is 0 Å². The zero-order valence-corrected chi connectivity index (χ0v) is 11.2. The minimum atomic E-state index is -0.174. The van der Waals surface area contributed by atoms with Gasteiger partial charge in [0.1, 0.15) is 0 Å². The van der Waals surface area contributed by atoms with Gasteiger partial charge in [-0.15, -0.1) is 0 Å². The molecule has 96 valence electrons. The van der Waals surface area contributed by atoms with Gasteiger partial charge in [0.2, 0.25) is 5.91 Å². The molecule has 17 heavy (non-hydrogen) atoms. The Morgan fingerprint density at radius 2 is 2.06 bits per heavy atom. The van der Waals surface area contributed by atoms with Gasteiger partial charge >= 0.3 is 0 Å². The summed E-state index contributed by atoms with van der Waals surface area (Å²) in [4.78, 5) is 11.8. The number of rotatable bonds is 4. The minimum absolute atomic E-state index is 0.0114. The van der Waals surface area contributed by atoms with Crippen molar-refractivity contribution in [2.75, 3.05) is 0 Å². The van der Waals surface area contributed by atoms with E-state index in [4.69, 9.17) is 5.73 Å². The van der Waals surface area contributed by atoms with Crippen LogP contribution in [-0.2, 0) is 18.4 Å². The Bertz CT molecular complexity index is 409. The molecule has 0 aliphatic rings. The fraction of sp³-hybridized carbons (Fsp3) is 0.667. The lowest BCUT2D eigenvalue weighted by Crippen LogP contribution is -2.38. The van der Waals surface area contributed by atoms with Crippen molar-refractivity contribution in [2.45, 2.75) is 40.3 Å². The van der Waals surface area contributed by atoms with Crippen molar-refractivity contribution in [3.63, 3.8) is 0 Å². The summed E-state index contributed by atoms with van der Waals surface area (Å²) in [7, 11) is 1.90. The molecular weight excluding hydrogens is 216 g/mol. The van der Waals surface area contributed by atoms with E-state index in [0.717, 1.165) is 17.0 Å². The van der Waals surface area contributed by atoms with E-state index in [1.807, 2.05) is 39.4 Å². The molecule has 0 aromatic carbocycles. The third kappa shape index (κ3) is 3.06. The van der Waals surface area contributed by atoms with E-state index in [9.17, 15) is 4.79 Å². The van der Waals surface area contributed by atoms with E-state index in [2.05, 4.69) is 10.4 Å². The first-order valence-corrected chi connectivity index (χ1v) is 5.87. The first-order valence-electron chi connectivity index (χ1n) is 5.87. The SMILES string of the molecule is Cc1nn(C)c(C)c1CNC(=O)C(C)C(C)N. The minimum Gasteiger partial charge on any atom is -0.352 e. The maximum Gasteiger partial charge on any atom is 0.224 e. The van der Waals surface area contributed by atoms with E-state index in [1.54, 1.807) is 0 Å². The molecule has 1 aromatic heterocycles. The van der Waals surface area contributed by atoms with Crippen LogP contribution >= 0.6 is 0 Å². The highest BCUT2D eigenvalue weighted by Crippen LogP contribution is 2.11. The number of nitrogens with zero attached hydrogens (tertiary/aromatic N) is 2. The zero-order valence-electron chi connectivity index (χ0n) is 11.2. The van der Waals surface area contributed by atoms with Gasteiger partial charge < -0.3 is 11.1 Å². The Kier molecular flexibility index (Phi) is 4.28. The van der Waals surface area contributed by atoms with Crippen LogP contribution in [0.5, 0.6) is 0 Å². The average molecular weight is 238 g/mol. The van der Waals surface area contributed by atoms with Gasteiger partial charge in [-0.1, -0.05) is 6.92 Å². The summed E-state index contributed by atoms with van der Waals surface area (Å²) in [5, 5.41) is 7.21. The van der Waals surface area contributed by atoms with Gasteiger partial charge in [-0.25, -0.2) is 0 Å². The number of nitrogens with two attached hydrogens (primary N) is 1. The maximum atomic E-state index is 11.8. The Morgan fingerprint density at radius 3 is 2.47 bits per heavy atom. The largest absolute Gasteiger partial charge is 0.352 e. The lowest BCUT2D eigenvalue weighted by atomic mass is 10.0. The van der Waals surface area contributed by atoms with Crippen molar-refractivity contribution in [3.8, 4) is 0 Å². The predicted octanol–water partition coefficient (Wildman–Crippen LogP) is 0.636. The first-order chi connectivity index (χ1) is 7.84. The summed E-state index contributed by atoms with van der Waals surface area (Å²) in [5.74, 6) is -0.185. The summed E-state index contributed by atoms with van der Waals surface area (Å²) >= 11 is 0. The lowest BCUT2D eigenvalue weighted by molar-refractivity contribution is -0.125. The third-order valence-electron chi connectivity index (χ3n) is 3.30. The van der Waals surface area contributed by atoms with Crippen molar-refractivity contribution >= 4 is 5.91 Å². The summed E-state index contributed by atoms with van der Waals surface area (Å²) in [6, 6.07) is -0.133. The van der Waals surface area contributed by atoms with E-state index in [0.29, 0.717) is 6.54 Å². The van der Waals surface area contributed by atoms with Gasteiger partial charge in [0.05, 0.1) is 5.69 Å². The van der Waals surface area contributed by atoms with Crippen LogP contribution < -0.4 is 11.1 Å². The Morgan fingerprint density at radius 1 is 1.47 bits per heavy atom.